The Hall–Kier alpha value is 0.700. The summed E-state index contributed by atoms with van der Waals surface area (Å²) in [6.45, 7) is 4.52. The molecule has 0 aromatic rings. The summed E-state index contributed by atoms with van der Waals surface area (Å²) in [7, 11) is 0. The Morgan fingerprint density at radius 3 is 1.86 bits per heavy atom. The number of unbranched alkanes of at least 4 members (excludes halogenated alkanes) is 5. The third kappa shape index (κ3) is 12.7. The molecule has 0 radical (unpaired) electrons. The van der Waals surface area contributed by atoms with Crippen LogP contribution < -0.4 is 0 Å². The number of hydrogen-bond acceptors (Lipinski definition) is 1. The monoisotopic (exact) mass is 236 g/mol. The van der Waals surface area contributed by atoms with Gasteiger partial charge in [0.15, 0.2) is 0 Å². The van der Waals surface area contributed by atoms with Gasteiger partial charge in [-0.3, -0.25) is 0 Å². The van der Waals surface area contributed by atoms with Crippen molar-refractivity contribution in [1.29, 1.82) is 0 Å². The van der Waals surface area contributed by atoms with Gasteiger partial charge in [-0.05, 0) is 12.8 Å². The van der Waals surface area contributed by atoms with Gasteiger partial charge in [0.25, 0.3) is 0 Å². The van der Waals surface area contributed by atoms with Crippen LogP contribution in [0, 0.1) is 0 Å². The molecule has 0 saturated heterocycles. The summed E-state index contributed by atoms with van der Waals surface area (Å²) in [5, 5.41) is 0.668. The molecule has 0 aliphatic rings. The highest BCUT2D eigenvalue weighted by atomic mass is 32.1. The Bertz CT molecular complexity index is 94.3. The maximum atomic E-state index is 4.59. The molecule has 0 aliphatic heterocycles. The number of thiol groups is 1. The predicted octanol–water partition coefficient (Wildman–Crippen LogP) is 4.95. The Morgan fingerprint density at radius 2 is 1.29 bits per heavy atom. The third-order valence-electron chi connectivity index (χ3n) is 2.53. The van der Waals surface area contributed by atoms with Gasteiger partial charge < -0.3 is 0 Å². The van der Waals surface area contributed by atoms with Crippen molar-refractivity contribution in [2.45, 2.75) is 76.9 Å². The van der Waals surface area contributed by atoms with E-state index in [1.54, 1.807) is 0 Å². The van der Waals surface area contributed by atoms with Crippen molar-refractivity contribution in [2.24, 2.45) is 0 Å². The Labute approximate surface area is 103 Å². The maximum Gasteiger partial charge on any atom is 0.00168 e. The minimum atomic E-state index is 0. The predicted molar refractivity (Wildman–Crippen MR) is 76.1 cm³/mol. The molecule has 0 heterocycles. The molecule has 88 valence electrons. The molecule has 0 aliphatic carbocycles. The van der Waals surface area contributed by atoms with Gasteiger partial charge >= 0.3 is 0 Å². The Kier molecular flexibility index (Phi) is 16.7. The van der Waals surface area contributed by atoms with Crippen LogP contribution >= 0.6 is 26.1 Å². The molecule has 1 unspecified atom stereocenters. The van der Waals surface area contributed by atoms with Crippen LogP contribution in [-0.2, 0) is 0 Å². The van der Waals surface area contributed by atoms with E-state index >= 15 is 0 Å². The van der Waals surface area contributed by atoms with Gasteiger partial charge in [-0.15, -0.1) is 0 Å². The van der Waals surface area contributed by atoms with Gasteiger partial charge in [0.2, 0.25) is 0 Å². The fraction of sp³-hybridized carbons (Fsp3) is 1.00. The van der Waals surface area contributed by atoms with Gasteiger partial charge in [-0.25, -0.2) is 0 Å². The van der Waals surface area contributed by atoms with Crippen molar-refractivity contribution in [3.8, 4) is 0 Å². The van der Waals surface area contributed by atoms with Crippen molar-refractivity contribution < 1.29 is 0 Å². The molecule has 14 heavy (non-hydrogen) atoms. The first-order valence-electron chi connectivity index (χ1n) is 5.99. The molecule has 0 amide bonds. The van der Waals surface area contributed by atoms with E-state index in [-0.39, 0.29) is 13.5 Å². The van der Waals surface area contributed by atoms with E-state index in [0.717, 1.165) is 0 Å². The van der Waals surface area contributed by atoms with Crippen LogP contribution in [0.25, 0.3) is 0 Å². The molecule has 0 rings (SSSR count). The zero-order chi connectivity index (χ0) is 9.94. The van der Waals surface area contributed by atoms with E-state index in [1.165, 1.54) is 57.8 Å². The van der Waals surface area contributed by atoms with E-state index in [9.17, 15) is 0 Å². The van der Waals surface area contributed by atoms with Gasteiger partial charge in [0.05, 0.1) is 0 Å². The van der Waals surface area contributed by atoms with Crippen LogP contribution in [-0.4, -0.2) is 5.25 Å². The van der Waals surface area contributed by atoms with Crippen LogP contribution in [0.3, 0.4) is 0 Å². The van der Waals surface area contributed by atoms with Crippen molar-refractivity contribution in [3.05, 3.63) is 0 Å². The molecule has 2 heteroatoms. The molecule has 0 saturated carbocycles. The standard InChI is InChI=1S/C12H26S.H2S/c1-3-5-7-8-9-11-12(13)10-6-4-2;/h12-13H,3-11H2,1-2H3;1H2. The fourth-order valence-electron chi connectivity index (χ4n) is 1.57. The highest BCUT2D eigenvalue weighted by Crippen LogP contribution is 2.15. The van der Waals surface area contributed by atoms with Crippen molar-refractivity contribution in [1.82, 2.24) is 0 Å². The molecule has 0 spiro atoms. The van der Waals surface area contributed by atoms with Crippen molar-refractivity contribution in [2.75, 3.05) is 0 Å². The van der Waals surface area contributed by atoms with Gasteiger partial charge in [0, 0.05) is 5.25 Å². The number of hydrogen-bond donors (Lipinski definition) is 1. The second-order valence-corrected chi connectivity index (χ2v) is 4.73. The SMILES string of the molecule is CCCCCCCC(S)CCCC.S. The van der Waals surface area contributed by atoms with Crippen LogP contribution in [0.4, 0.5) is 0 Å². The summed E-state index contributed by atoms with van der Waals surface area (Å²) in [5.74, 6) is 0. The number of rotatable bonds is 9. The fourth-order valence-corrected chi connectivity index (χ4v) is 1.93. The van der Waals surface area contributed by atoms with Crippen LogP contribution in [0.5, 0.6) is 0 Å². The highest BCUT2D eigenvalue weighted by Gasteiger charge is 2.01. The van der Waals surface area contributed by atoms with Crippen molar-refractivity contribution >= 4 is 26.1 Å². The molecular formula is C12H28S2. The average molecular weight is 236 g/mol. The zero-order valence-electron chi connectivity index (χ0n) is 9.89. The van der Waals surface area contributed by atoms with Gasteiger partial charge in [-0.1, -0.05) is 58.8 Å². The van der Waals surface area contributed by atoms with Gasteiger partial charge in [0.1, 0.15) is 0 Å². The summed E-state index contributed by atoms with van der Waals surface area (Å²) < 4.78 is 0. The summed E-state index contributed by atoms with van der Waals surface area (Å²) in [5.41, 5.74) is 0. The summed E-state index contributed by atoms with van der Waals surface area (Å²) in [6, 6.07) is 0. The first-order valence-corrected chi connectivity index (χ1v) is 6.51. The maximum absolute atomic E-state index is 4.59. The van der Waals surface area contributed by atoms with Crippen LogP contribution in [0.1, 0.15) is 71.6 Å². The minimum absolute atomic E-state index is 0. The second-order valence-electron chi connectivity index (χ2n) is 4.00. The Morgan fingerprint density at radius 1 is 0.786 bits per heavy atom. The molecule has 0 nitrogen and oxygen atoms in total. The average Bonchev–Trinajstić information content (AvgIpc) is 2.14. The highest BCUT2D eigenvalue weighted by molar-refractivity contribution is 7.80. The largest absolute Gasteiger partial charge is 0.197 e. The van der Waals surface area contributed by atoms with Crippen LogP contribution in [0.2, 0.25) is 0 Å². The lowest BCUT2D eigenvalue weighted by Crippen LogP contribution is -1.98. The second kappa shape index (κ2) is 13.7. The quantitative estimate of drug-likeness (QED) is 0.425. The van der Waals surface area contributed by atoms with E-state index < -0.39 is 0 Å². The molecular weight excluding hydrogens is 208 g/mol. The smallest absolute Gasteiger partial charge is 0.00168 e. The normalized spacial score (nSPS) is 12.2. The summed E-state index contributed by atoms with van der Waals surface area (Å²) >= 11 is 4.59. The van der Waals surface area contributed by atoms with E-state index in [4.69, 9.17) is 0 Å². The topological polar surface area (TPSA) is 0 Å². The third-order valence-corrected chi connectivity index (χ3v) is 3.05. The van der Waals surface area contributed by atoms with E-state index in [0.29, 0.717) is 5.25 Å². The summed E-state index contributed by atoms with van der Waals surface area (Å²) in [6.07, 6.45) is 12.3. The van der Waals surface area contributed by atoms with Crippen molar-refractivity contribution in [3.63, 3.8) is 0 Å². The molecule has 0 N–H and O–H groups in total. The molecule has 0 aromatic carbocycles. The minimum Gasteiger partial charge on any atom is -0.197 e. The lowest BCUT2D eigenvalue weighted by atomic mass is 10.1. The lowest BCUT2D eigenvalue weighted by Gasteiger charge is -2.08. The van der Waals surface area contributed by atoms with Gasteiger partial charge in [-0.2, -0.15) is 26.1 Å². The lowest BCUT2D eigenvalue weighted by molar-refractivity contribution is 0.573. The molecule has 1 atom stereocenters. The molecule has 0 aromatic heterocycles. The first-order chi connectivity index (χ1) is 6.31. The molecule has 0 bridgehead atoms. The summed E-state index contributed by atoms with van der Waals surface area (Å²) in [4.78, 5) is 0. The van der Waals surface area contributed by atoms with E-state index in [2.05, 4.69) is 26.5 Å². The zero-order valence-corrected chi connectivity index (χ0v) is 11.8. The Balaban J connectivity index is 0. The first kappa shape index (κ1) is 17.1. The van der Waals surface area contributed by atoms with Crippen LogP contribution in [0.15, 0.2) is 0 Å². The molecule has 0 fully saturated rings. The van der Waals surface area contributed by atoms with E-state index in [1.807, 2.05) is 0 Å².